The number of para-hydroxylation sites is 1. The minimum atomic E-state index is -4.72. The number of hydrogen-bond donors (Lipinski definition) is 2. The molecule has 9 nitrogen and oxygen atoms in total. The Morgan fingerprint density at radius 1 is 1.07 bits per heavy atom. The Hall–Kier alpha value is -3.70. The van der Waals surface area contributed by atoms with E-state index in [9.17, 15) is 23.3 Å². The topological polar surface area (TPSA) is 111 Å². The maximum absolute atomic E-state index is 13.2. The lowest BCUT2D eigenvalue weighted by Gasteiger charge is -2.14. The first-order valence-electron chi connectivity index (χ1n) is 8.03. The fraction of sp³-hybridized carbons (Fsp3) is 0.188. The second-order valence-electron chi connectivity index (χ2n) is 5.59. The van der Waals surface area contributed by atoms with Gasteiger partial charge in [-0.05, 0) is 28.6 Å². The lowest BCUT2D eigenvalue weighted by Crippen LogP contribution is -2.18. The molecule has 0 atom stereocenters. The van der Waals surface area contributed by atoms with Crippen LogP contribution in [0.2, 0.25) is 0 Å². The van der Waals surface area contributed by atoms with Gasteiger partial charge in [-0.1, -0.05) is 23.3 Å². The molecule has 1 heterocycles. The Labute approximate surface area is 156 Å². The van der Waals surface area contributed by atoms with Crippen LogP contribution in [0.15, 0.2) is 48.5 Å². The van der Waals surface area contributed by atoms with Crippen LogP contribution >= 0.6 is 0 Å². The van der Waals surface area contributed by atoms with Gasteiger partial charge in [-0.2, -0.15) is 17.9 Å². The van der Waals surface area contributed by atoms with Gasteiger partial charge >= 0.3 is 6.18 Å². The lowest BCUT2D eigenvalue weighted by atomic mass is 10.1. The molecule has 0 saturated carbocycles. The van der Waals surface area contributed by atoms with Gasteiger partial charge in [0.05, 0.1) is 16.2 Å². The fourth-order valence-corrected chi connectivity index (χ4v) is 2.45. The standard InChI is InChI=1S/C16H14F3N7O2/c17-16(18,19)13-10-12(26(27)28)6-7-14(13)20-8-9-21-15-22-23-24-25(15)11-4-2-1-3-5-11/h1-7,10,20H,8-9H2,(H,21,22,24). The first-order chi connectivity index (χ1) is 13.4. The highest BCUT2D eigenvalue weighted by Gasteiger charge is 2.35. The minimum absolute atomic E-state index is 0.0997. The molecule has 0 fully saturated rings. The molecule has 0 bridgehead atoms. The number of rotatable bonds is 7. The van der Waals surface area contributed by atoms with Crippen molar-refractivity contribution >= 4 is 17.3 Å². The van der Waals surface area contributed by atoms with E-state index in [-0.39, 0.29) is 18.8 Å². The zero-order valence-electron chi connectivity index (χ0n) is 14.2. The Bertz CT molecular complexity index is 960. The van der Waals surface area contributed by atoms with Crippen LogP contribution in [-0.4, -0.2) is 38.2 Å². The number of nitrogens with one attached hydrogen (secondary N) is 2. The van der Waals surface area contributed by atoms with Crippen molar-refractivity contribution in [3.63, 3.8) is 0 Å². The Kier molecular flexibility index (Phi) is 5.38. The molecule has 0 amide bonds. The molecule has 0 aliphatic carbocycles. The zero-order valence-corrected chi connectivity index (χ0v) is 14.2. The van der Waals surface area contributed by atoms with Crippen LogP contribution in [0.3, 0.4) is 0 Å². The van der Waals surface area contributed by atoms with E-state index in [1.54, 1.807) is 12.1 Å². The zero-order chi connectivity index (χ0) is 20.1. The predicted octanol–water partition coefficient (Wildman–Crippen LogP) is 3.11. The molecule has 0 saturated heterocycles. The third kappa shape index (κ3) is 4.34. The van der Waals surface area contributed by atoms with Crippen molar-refractivity contribution in [1.29, 1.82) is 0 Å². The third-order valence-electron chi connectivity index (χ3n) is 3.71. The summed E-state index contributed by atoms with van der Waals surface area (Å²) in [6, 6.07) is 11.6. The third-order valence-corrected chi connectivity index (χ3v) is 3.71. The Morgan fingerprint density at radius 2 is 1.79 bits per heavy atom. The summed E-state index contributed by atoms with van der Waals surface area (Å²) in [5.41, 5.74) is -1.26. The number of nitrogens with zero attached hydrogens (tertiary/aromatic N) is 5. The summed E-state index contributed by atoms with van der Waals surface area (Å²) in [6.45, 7) is 0.310. The molecule has 0 radical (unpaired) electrons. The number of anilines is 2. The molecule has 146 valence electrons. The molecule has 2 aromatic carbocycles. The van der Waals surface area contributed by atoms with E-state index in [4.69, 9.17) is 0 Å². The number of aromatic nitrogens is 4. The number of halogens is 3. The normalized spacial score (nSPS) is 11.2. The number of benzene rings is 2. The number of tetrazole rings is 1. The van der Waals surface area contributed by atoms with E-state index >= 15 is 0 Å². The number of nitro benzene ring substituents is 1. The van der Waals surface area contributed by atoms with Gasteiger partial charge < -0.3 is 10.6 Å². The first-order valence-corrected chi connectivity index (χ1v) is 8.03. The maximum atomic E-state index is 13.2. The molecule has 0 aliphatic heterocycles. The summed E-state index contributed by atoms with van der Waals surface area (Å²) >= 11 is 0. The molecule has 3 rings (SSSR count). The molecule has 1 aromatic heterocycles. The van der Waals surface area contributed by atoms with Crippen LogP contribution in [-0.2, 0) is 6.18 Å². The molecule has 28 heavy (non-hydrogen) atoms. The van der Waals surface area contributed by atoms with Crippen LogP contribution in [0.25, 0.3) is 5.69 Å². The molecule has 3 aromatic rings. The van der Waals surface area contributed by atoms with Crippen molar-refractivity contribution in [2.45, 2.75) is 6.18 Å². The smallest absolute Gasteiger partial charge is 0.383 e. The van der Waals surface area contributed by atoms with E-state index < -0.39 is 22.4 Å². The number of alkyl halides is 3. The number of hydrogen-bond acceptors (Lipinski definition) is 7. The first kappa shape index (κ1) is 19.1. The summed E-state index contributed by atoms with van der Waals surface area (Å²) in [6.07, 6.45) is -4.72. The van der Waals surface area contributed by atoms with Crippen LogP contribution in [0, 0.1) is 10.1 Å². The molecular weight excluding hydrogens is 379 g/mol. The number of nitro groups is 1. The molecule has 12 heteroatoms. The SMILES string of the molecule is O=[N+]([O-])c1ccc(NCCNc2nnnn2-c2ccccc2)c(C(F)(F)F)c1. The molecular formula is C16H14F3N7O2. The van der Waals surface area contributed by atoms with Crippen molar-refractivity contribution in [2.24, 2.45) is 0 Å². The largest absolute Gasteiger partial charge is 0.418 e. The summed E-state index contributed by atoms with van der Waals surface area (Å²) < 4.78 is 40.9. The van der Waals surface area contributed by atoms with E-state index in [1.807, 2.05) is 18.2 Å². The van der Waals surface area contributed by atoms with Gasteiger partial charge in [0.1, 0.15) is 0 Å². The Morgan fingerprint density at radius 3 is 2.46 bits per heavy atom. The summed E-state index contributed by atoms with van der Waals surface area (Å²) in [5, 5.41) is 27.5. The average molecular weight is 393 g/mol. The minimum Gasteiger partial charge on any atom is -0.383 e. The highest BCUT2D eigenvalue weighted by Crippen LogP contribution is 2.36. The lowest BCUT2D eigenvalue weighted by molar-refractivity contribution is -0.385. The second-order valence-corrected chi connectivity index (χ2v) is 5.59. The highest BCUT2D eigenvalue weighted by atomic mass is 19.4. The monoisotopic (exact) mass is 393 g/mol. The van der Waals surface area contributed by atoms with Crippen molar-refractivity contribution < 1.29 is 18.1 Å². The molecule has 0 spiro atoms. The summed E-state index contributed by atoms with van der Waals surface area (Å²) in [7, 11) is 0. The van der Waals surface area contributed by atoms with Crippen LogP contribution in [0.5, 0.6) is 0 Å². The van der Waals surface area contributed by atoms with Gasteiger partial charge in [-0.25, -0.2) is 0 Å². The molecule has 2 N–H and O–H groups in total. The molecule has 0 aliphatic rings. The van der Waals surface area contributed by atoms with E-state index in [2.05, 4.69) is 26.2 Å². The van der Waals surface area contributed by atoms with Crippen LogP contribution in [0.4, 0.5) is 30.5 Å². The van der Waals surface area contributed by atoms with Gasteiger partial charge in [-0.15, -0.1) is 0 Å². The van der Waals surface area contributed by atoms with E-state index in [0.29, 0.717) is 12.0 Å². The maximum Gasteiger partial charge on any atom is 0.418 e. The van der Waals surface area contributed by atoms with Crippen LogP contribution < -0.4 is 10.6 Å². The number of non-ortho nitro benzene ring substituents is 1. The van der Waals surface area contributed by atoms with Crippen molar-refractivity contribution in [2.75, 3.05) is 23.7 Å². The Balaban J connectivity index is 1.65. The van der Waals surface area contributed by atoms with Gasteiger partial charge in [0.25, 0.3) is 5.69 Å². The predicted molar refractivity (Wildman–Crippen MR) is 94.2 cm³/mol. The van der Waals surface area contributed by atoms with Gasteiger partial charge in [-0.3, -0.25) is 10.1 Å². The van der Waals surface area contributed by atoms with Gasteiger partial charge in [0.2, 0.25) is 5.95 Å². The van der Waals surface area contributed by atoms with E-state index in [1.165, 1.54) is 4.68 Å². The van der Waals surface area contributed by atoms with E-state index in [0.717, 1.165) is 17.8 Å². The second kappa shape index (κ2) is 7.90. The quantitative estimate of drug-likeness (QED) is 0.360. The van der Waals surface area contributed by atoms with Gasteiger partial charge in [0, 0.05) is 30.9 Å². The van der Waals surface area contributed by atoms with Crippen molar-refractivity contribution in [1.82, 2.24) is 20.2 Å². The van der Waals surface area contributed by atoms with Crippen LogP contribution in [0.1, 0.15) is 5.56 Å². The van der Waals surface area contributed by atoms with Crippen molar-refractivity contribution in [3.8, 4) is 5.69 Å². The summed E-state index contributed by atoms with van der Waals surface area (Å²) in [4.78, 5) is 9.85. The van der Waals surface area contributed by atoms with Gasteiger partial charge in [0.15, 0.2) is 0 Å². The fourth-order valence-electron chi connectivity index (χ4n) is 2.45. The van der Waals surface area contributed by atoms with Crippen molar-refractivity contribution in [3.05, 3.63) is 64.2 Å². The molecule has 0 unspecified atom stereocenters. The average Bonchev–Trinajstić information content (AvgIpc) is 3.13. The summed E-state index contributed by atoms with van der Waals surface area (Å²) in [5.74, 6) is 0.327. The highest BCUT2D eigenvalue weighted by molar-refractivity contribution is 5.57.